The van der Waals surface area contributed by atoms with E-state index in [2.05, 4.69) is 15.6 Å². The summed E-state index contributed by atoms with van der Waals surface area (Å²) in [4.78, 5) is 16.2. The number of halogens is 4. The lowest BCUT2D eigenvalue weighted by atomic mass is 9.90. The van der Waals surface area contributed by atoms with Gasteiger partial charge in [0.2, 0.25) is 0 Å². The number of fused-ring (bicyclic) bond motifs is 1. The van der Waals surface area contributed by atoms with Gasteiger partial charge >= 0.3 is 6.18 Å². The molecule has 33 heavy (non-hydrogen) atoms. The van der Waals surface area contributed by atoms with Crippen LogP contribution in [0.3, 0.4) is 0 Å². The lowest BCUT2D eigenvalue weighted by Gasteiger charge is -2.30. The van der Waals surface area contributed by atoms with Gasteiger partial charge in [0.05, 0.1) is 12.6 Å². The Labute approximate surface area is 194 Å². The van der Waals surface area contributed by atoms with Crippen LogP contribution in [-0.2, 0) is 6.18 Å². The number of aromatic nitrogens is 1. The molecule has 1 fully saturated rings. The van der Waals surface area contributed by atoms with Crippen LogP contribution in [0.4, 0.5) is 18.9 Å². The zero-order chi connectivity index (χ0) is 23.6. The summed E-state index contributed by atoms with van der Waals surface area (Å²) < 4.78 is 45.1. The highest BCUT2D eigenvalue weighted by molar-refractivity contribution is 6.31. The topological polar surface area (TPSA) is 63.2 Å². The Morgan fingerprint density at radius 1 is 1.03 bits per heavy atom. The number of pyridine rings is 1. The molecule has 1 aliphatic rings. The number of carbonyl (C=O) groups excluding carboxylic acids is 1. The molecule has 9 heteroatoms. The maximum absolute atomic E-state index is 13.3. The molecule has 0 radical (unpaired) electrons. The first-order valence-corrected chi connectivity index (χ1v) is 11.0. The van der Waals surface area contributed by atoms with E-state index >= 15 is 0 Å². The first kappa shape index (κ1) is 23.2. The molecular weight excluding hydrogens is 455 g/mol. The van der Waals surface area contributed by atoms with Crippen LogP contribution < -0.4 is 15.4 Å². The summed E-state index contributed by atoms with van der Waals surface area (Å²) in [5.74, 6) is 0.524. The van der Waals surface area contributed by atoms with Gasteiger partial charge in [-0.1, -0.05) is 11.6 Å². The minimum absolute atomic E-state index is 0.00650. The van der Waals surface area contributed by atoms with Crippen molar-refractivity contribution in [3.05, 3.63) is 64.8 Å². The van der Waals surface area contributed by atoms with Crippen LogP contribution in [-0.4, -0.2) is 30.1 Å². The lowest BCUT2D eigenvalue weighted by molar-refractivity contribution is -0.140. The lowest BCUT2D eigenvalue weighted by Crippen LogP contribution is -2.40. The number of benzene rings is 2. The van der Waals surface area contributed by atoms with Gasteiger partial charge in [0.1, 0.15) is 11.4 Å². The van der Waals surface area contributed by atoms with Gasteiger partial charge in [-0.15, -0.1) is 0 Å². The van der Waals surface area contributed by atoms with Crippen LogP contribution in [0.25, 0.3) is 10.9 Å². The summed E-state index contributed by atoms with van der Waals surface area (Å²) >= 11 is 6.07. The molecule has 4 rings (SSSR count). The number of carbonyl (C=O) groups is 1. The van der Waals surface area contributed by atoms with Gasteiger partial charge < -0.3 is 15.4 Å². The van der Waals surface area contributed by atoms with E-state index < -0.39 is 11.9 Å². The average molecular weight is 478 g/mol. The number of hydrogen-bond donors (Lipinski definition) is 2. The third kappa shape index (κ3) is 5.50. The molecule has 174 valence electrons. The van der Waals surface area contributed by atoms with Crippen LogP contribution in [0.5, 0.6) is 5.75 Å². The fourth-order valence-corrected chi connectivity index (χ4v) is 4.25. The van der Waals surface area contributed by atoms with E-state index in [1.807, 2.05) is 0 Å². The van der Waals surface area contributed by atoms with Gasteiger partial charge in [-0.2, -0.15) is 13.2 Å². The number of nitrogens with zero attached hydrogens (tertiary/aromatic N) is 1. The van der Waals surface area contributed by atoms with Crippen molar-refractivity contribution in [2.75, 3.05) is 12.4 Å². The zero-order valence-electron chi connectivity index (χ0n) is 17.9. The number of anilines is 1. The predicted molar refractivity (Wildman–Crippen MR) is 122 cm³/mol. The van der Waals surface area contributed by atoms with Crippen molar-refractivity contribution in [3.8, 4) is 5.75 Å². The maximum atomic E-state index is 13.3. The molecule has 0 bridgehead atoms. The summed E-state index contributed by atoms with van der Waals surface area (Å²) in [5.41, 5.74) is 0.203. The summed E-state index contributed by atoms with van der Waals surface area (Å²) in [6, 6.07) is 12.5. The third-order valence-corrected chi connectivity index (χ3v) is 6.07. The molecule has 1 amide bonds. The fourth-order valence-electron chi connectivity index (χ4n) is 4.08. The van der Waals surface area contributed by atoms with Gasteiger partial charge in [-0.3, -0.25) is 4.79 Å². The van der Waals surface area contributed by atoms with E-state index in [1.54, 1.807) is 37.4 Å². The van der Waals surface area contributed by atoms with E-state index in [-0.39, 0.29) is 23.5 Å². The summed E-state index contributed by atoms with van der Waals surface area (Å²) in [5, 5.41) is 7.27. The molecule has 5 nitrogen and oxygen atoms in total. The van der Waals surface area contributed by atoms with Crippen LogP contribution in [0.15, 0.2) is 48.5 Å². The molecule has 0 aliphatic heterocycles. The molecule has 0 atom stereocenters. The molecule has 2 aromatic carbocycles. The molecule has 3 aromatic rings. The average Bonchev–Trinajstić information content (AvgIpc) is 2.80. The van der Waals surface area contributed by atoms with Crippen LogP contribution >= 0.6 is 11.6 Å². The number of alkyl halides is 3. The Balaban J connectivity index is 1.42. The predicted octanol–water partition coefficient (Wildman–Crippen LogP) is 6.07. The quantitative estimate of drug-likeness (QED) is 0.468. The molecule has 2 N–H and O–H groups in total. The molecule has 1 aliphatic carbocycles. The first-order chi connectivity index (χ1) is 15.7. The fraction of sp³-hybridized carbons (Fsp3) is 0.333. The number of hydrogen-bond acceptors (Lipinski definition) is 4. The maximum Gasteiger partial charge on any atom is 0.433 e. The Bertz CT molecular complexity index is 1140. The minimum Gasteiger partial charge on any atom is -0.497 e. The van der Waals surface area contributed by atoms with E-state index in [4.69, 9.17) is 16.3 Å². The summed E-state index contributed by atoms with van der Waals surface area (Å²) in [7, 11) is 1.56. The van der Waals surface area contributed by atoms with Crippen LogP contribution in [0.1, 0.15) is 41.7 Å². The van der Waals surface area contributed by atoms with E-state index in [0.717, 1.165) is 18.9 Å². The van der Waals surface area contributed by atoms with Crippen molar-refractivity contribution < 1.29 is 22.7 Å². The monoisotopic (exact) mass is 477 g/mol. The summed E-state index contributed by atoms with van der Waals surface area (Å²) in [6.45, 7) is 0. The first-order valence-electron chi connectivity index (χ1n) is 10.6. The van der Waals surface area contributed by atoms with Crippen LogP contribution in [0, 0.1) is 0 Å². The molecule has 0 unspecified atom stereocenters. The number of ether oxygens (including phenoxy) is 1. The zero-order valence-corrected chi connectivity index (χ0v) is 18.6. The number of nitrogens with one attached hydrogen (secondary N) is 2. The Hall–Kier alpha value is -3.00. The van der Waals surface area contributed by atoms with E-state index in [1.165, 1.54) is 12.1 Å². The highest BCUT2D eigenvalue weighted by atomic mass is 35.5. The second kappa shape index (κ2) is 9.47. The van der Waals surface area contributed by atoms with Crippen molar-refractivity contribution in [3.63, 3.8) is 0 Å². The van der Waals surface area contributed by atoms with Crippen molar-refractivity contribution in [2.24, 2.45) is 0 Å². The summed E-state index contributed by atoms with van der Waals surface area (Å²) in [6.07, 6.45) is -1.70. The molecule has 0 saturated heterocycles. The van der Waals surface area contributed by atoms with E-state index in [9.17, 15) is 18.0 Å². The molecule has 1 saturated carbocycles. The largest absolute Gasteiger partial charge is 0.497 e. The molecule has 0 spiro atoms. The number of rotatable bonds is 5. The highest BCUT2D eigenvalue weighted by Gasteiger charge is 2.34. The minimum atomic E-state index is -4.55. The second-order valence-corrected chi connectivity index (χ2v) is 8.55. The van der Waals surface area contributed by atoms with Gasteiger partial charge in [0.15, 0.2) is 0 Å². The Kier molecular flexibility index (Phi) is 6.65. The van der Waals surface area contributed by atoms with Gasteiger partial charge in [0, 0.05) is 33.7 Å². The van der Waals surface area contributed by atoms with Crippen molar-refractivity contribution in [1.82, 2.24) is 10.3 Å². The standard InChI is InChI=1S/C24H23ClF3N3O2/c1-33-18-9-2-14(3-10-18)23(32)30-17-7-5-16(6-8-17)29-21-13-22(24(26,27)28)31-20-11-4-15(25)12-19(20)21/h2-4,9-13,16-17H,5-8H2,1H3,(H,29,31)(H,30,32)/t16-,17+. The smallest absolute Gasteiger partial charge is 0.433 e. The van der Waals surface area contributed by atoms with Gasteiger partial charge in [-0.05, 0) is 74.2 Å². The third-order valence-electron chi connectivity index (χ3n) is 5.84. The van der Waals surface area contributed by atoms with Gasteiger partial charge in [0.25, 0.3) is 5.91 Å². The van der Waals surface area contributed by atoms with Crippen molar-refractivity contribution in [1.29, 1.82) is 0 Å². The molecule has 1 heterocycles. The number of methoxy groups -OCH3 is 1. The van der Waals surface area contributed by atoms with Gasteiger partial charge in [-0.25, -0.2) is 4.98 Å². The second-order valence-electron chi connectivity index (χ2n) is 8.11. The number of amides is 1. The Morgan fingerprint density at radius 2 is 1.70 bits per heavy atom. The molecular formula is C24H23ClF3N3O2. The Morgan fingerprint density at radius 3 is 2.33 bits per heavy atom. The highest BCUT2D eigenvalue weighted by Crippen LogP contribution is 2.35. The normalized spacial score (nSPS) is 18.7. The SMILES string of the molecule is COc1ccc(C(=O)N[C@H]2CC[C@@H](Nc3cc(C(F)(F)F)nc4ccc(Cl)cc34)CC2)cc1. The van der Waals surface area contributed by atoms with Crippen molar-refractivity contribution >= 4 is 34.1 Å². The molecule has 1 aromatic heterocycles. The van der Waals surface area contributed by atoms with E-state index in [0.29, 0.717) is 40.3 Å². The van der Waals surface area contributed by atoms with Crippen molar-refractivity contribution in [2.45, 2.75) is 43.9 Å². The van der Waals surface area contributed by atoms with Crippen LogP contribution in [0.2, 0.25) is 5.02 Å².